The smallest absolute Gasteiger partial charge is 0.289 e. The lowest BCUT2D eigenvalue weighted by atomic mass is 9.83. The molecule has 5 unspecified atom stereocenters. The van der Waals surface area contributed by atoms with Gasteiger partial charge in [-0.3, -0.25) is 33.6 Å². The molecule has 0 spiro atoms. The molecule has 3 aliphatic rings. The standard InChI is InChI=1S/C45H61N5O8/c1-3-5-18-32(41(46)53)23-33(51)26-47-44(56)40(52)37(15-4-2)48-43(55)38-24-34(58-28-29-16-9-6-10-17-29)27-50(38)45(57)39(31-21-13-8-14-22-31)49-42(54)36-25-35(36)30-19-11-7-12-20-30/h6-7,9-12,16-17,19-20,31-32,34-39H,3-5,8,13-15,18,21-28H2,1-2H3,(H2,46,53)(H,47,56)(H,48,55)(H,49,54)/t32?,34-,35?,36?,37?,38+,39?/m1/s1. The van der Waals surface area contributed by atoms with Crippen LogP contribution in [0.3, 0.4) is 0 Å². The number of primary amides is 1. The van der Waals surface area contributed by atoms with E-state index in [1.54, 1.807) is 0 Å². The van der Waals surface area contributed by atoms with E-state index in [9.17, 15) is 33.6 Å². The van der Waals surface area contributed by atoms with Crippen LogP contribution in [-0.4, -0.2) is 83.3 Å². The van der Waals surface area contributed by atoms with Gasteiger partial charge in [0.05, 0.1) is 25.3 Å². The number of likely N-dealkylation sites (tertiary alicyclic amines) is 1. The summed E-state index contributed by atoms with van der Waals surface area (Å²) >= 11 is 0. The van der Waals surface area contributed by atoms with E-state index in [4.69, 9.17) is 10.5 Å². The van der Waals surface area contributed by atoms with Crippen molar-refractivity contribution >= 4 is 41.1 Å². The molecule has 13 heteroatoms. The van der Waals surface area contributed by atoms with E-state index in [1.807, 2.05) is 74.5 Å². The van der Waals surface area contributed by atoms with Crippen molar-refractivity contribution in [2.24, 2.45) is 23.5 Å². The van der Waals surface area contributed by atoms with E-state index in [1.165, 1.54) is 4.90 Å². The molecule has 5 N–H and O–H groups in total. The molecule has 2 aromatic carbocycles. The Morgan fingerprint density at radius 3 is 2.17 bits per heavy atom. The lowest BCUT2D eigenvalue weighted by molar-refractivity contribution is -0.144. The Morgan fingerprint density at radius 1 is 0.828 bits per heavy atom. The molecule has 2 saturated carbocycles. The molecule has 1 aliphatic heterocycles. The predicted octanol–water partition coefficient (Wildman–Crippen LogP) is 4.26. The molecule has 0 radical (unpaired) electrons. The first kappa shape index (κ1) is 44.2. The molecule has 5 rings (SSSR count). The third-order valence-corrected chi connectivity index (χ3v) is 11.9. The quantitative estimate of drug-likeness (QED) is 0.127. The number of nitrogens with two attached hydrogens (primary N) is 1. The van der Waals surface area contributed by atoms with Crippen molar-refractivity contribution in [2.75, 3.05) is 13.1 Å². The first-order valence-corrected chi connectivity index (χ1v) is 21.2. The van der Waals surface area contributed by atoms with Crippen LogP contribution in [0.2, 0.25) is 0 Å². The largest absolute Gasteiger partial charge is 0.372 e. The van der Waals surface area contributed by atoms with Crippen LogP contribution >= 0.6 is 0 Å². The number of hydrogen-bond acceptors (Lipinski definition) is 8. The Kier molecular flexibility index (Phi) is 16.6. The Hall–Kier alpha value is -4.91. The Morgan fingerprint density at radius 2 is 1.52 bits per heavy atom. The second-order valence-corrected chi connectivity index (χ2v) is 16.3. The zero-order valence-corrected chi connectivity index (χ0v) is 34.0. The van der Waals surface area contributed by atoms with Crippen LogP contribution in [0.4, 0.5) is 0 Å². The third-order valence-electron chi connectivity index (χ3n) is 11.9. The summed E-state index contributed by atoms with van der Waals surface area (Å²) in [6, 6.07) is 16.4. The van der Waals surface area contributed by atoms with Gasteiger partial charge in [0, 0.05) is 31.2 Å². The molecule has 1 saturated heterocycles. The van der Waals surface area contributed by atoms with Crippen LogP contribution in [0.25, 0.3) is 0 Å². The fraction of sp³-hybridized carbons (Fsp3) is 0.578. The van der Waals surface area contributed by atoms with Crippen LogP contribution in [0, 0.1) is 17.8 Å². The number of carbonyl (C=O) groups is 7. The van der Waals surface area contributed by atoms with E-state index >= 15 is 0 Å². The maximum absolute atomic E-state index is 14.8. The fourth-order valence-corrected chi connectivity index (χ4v) is 8.43. The van der Waals surface area contributed by atoms with Crippen molar-refractivity contribution in [1.82, 2.24) is 20.9 Å². The molecular formula is C45H61N5O8. The second-order valence-electron chi connectivity index (χ2n) is 16.3. The molecule has 5 amide bonds. The number of carbonyl (C=O) groups excluding carboxylic acids is 7. The Balaban J connectivity index is 1.29. The topological polar surface area (TPSA) is 194 Å². The summed E-state index contributed by atoms with van der Waals surface area (Å²) in [6.07, 6.45) is 7.28. The zero-order valence-electron chi connectivity index (χ0n) is 34.0. The highest BCUT2D eigenvalue weighted by Gasteiger charge is 2.48. The van der Waals surface area contributed by atoms with Crippen molar-refractivity contribution in [1.29, 1.82) is 0 Å². The molecule has 3 fully saturated rings. The summed E-state index contributed by atoms with van der Waals surface area (Å²) in [4.78, 5) is 95.3. The summed E-state index contributed by atoms with van der Waals surface area (Å²) in [5, 5.41) is 8.26. The monoisotopic (exact) mass is 799 g/mol. The van der Waals surface area contributed by atoms with E-state index in [2.05, 4.69) is 16.0 Å². The van der Waals surface area contributed by atoms with E-state index < -0.39 is 66.0 Å². The van der Waals surface area contributed by atoms with Gasteiger partial charge in [0.25, 0.3) is 5.91 Å². The average molecular weight is 800 g/mol. The van der Waals surface area contributed by atoms with Crippen molar-refractivity contribution in [2.45, 2.75) is 134 Å². The van der Waals surface area contributed by atoms with E-state index in [0.29, 0.717) is 19.3 Å². The van der Waals surface area contributed by atoms with Crippen LogP contribution in [-0.2, 0) is 44.9 Å². The van der Waals surface area contributed by atoms with Gasteiger partial charge >= 0.3 is 0 Å². The number of Topliss-reactive ketones (excluding diaryl/α,β-unsaturated/α-hetero) is 2. The second kappa shape index (κ2) is 21.7. The first-order chi connectivity index (χ1) is 28.0. The summed E-state index contributed by atoms with van der Waals surface area (Å²) in [5.74, 6) is -5.01. The van der Waals surface area contributed by atoms with Gasteiger partial charge < -0.3 is 31.3 Å². The van der Waals surface area contributed by atoms with Gasteiger partial charge in [-0.05, 0) is 55.1 Å². The Labute approximate surface area is 342 Å². The minimum Gasteiger partial charge on any atom is -0.372 e. The highest BCUT2D eigenvalue weighted by Crippen LogP contribution is 2.47. The normalized spacial score (nSPS) is 21.9. The SMILES string of the molecule is CCCCC(CC(=O)CNC(=O)C(=O)C(CCC)NC(=O)[C@@H]1C[C@@H](OCc2ccccc2)CN1C(=O)C(NC(=O)C1CC1c1ccccc1)C1CCCCC1)C(N)=O. The van der Waals surface area contributed by atoms with Gasteiger partial charge in [-0.25, -0.2) is 0 Å². The molecule has 314 valence electrons. The van der Waals surface area contributed by atoms with Gasteiger partial charge in [-0.1, -0.05) is 113 Å². The number of unbranched alkanes of at least 4 members (excludes halogenated alkanes) is 1. The van der Waals surface area contributed by atoms with Crippen LogP contribution in [0.1, 0.15) is 114 Å². The van der Waals surface area contributed by atoms with Gasteiger partial charge in [0.1, 0.15) is 12.1 Å². The maximum atomic E-state index is 14.8. The predicted molar refractivity (Wildman–Crippen MR) is 218 cm³/mol. The van der Waals surface area contributed by atoms with Crippen LogP contribution < -0.4 is 21.7 Å². The van der Waals surface area contributed by atoms with Crippen molar-refractivity contribution < 1.29 is 38.3 Å². The van der Waals surface area contributed by atoms with Crippen molar-refractivity contribution in [3.05, 3.63) is 71.8 Å². The minimum atomic E-state index is -1.21. The summed E-state index contributed by atoms with van der Waals surface area (Å²) in [6.45, 7) is 3.69. The zero-order chi connectivity index (χ0) is 41.6. The van der Waals surface area contributed by atoms with Crippen LogP contribution in [0.5, 0.6) is 0 Å². The number of benzene rings is 2. The number of rotatable bonds is 22. The van der Waals surface area contributed by atoms with E-state index in [-0.39, 0.29) is 62.0 Å². The molecule has 2 aliphatic carbocycles. The number of ether oxygens (including phenoxy) is 1. The van der Waals surface area contributed by atoms with Crippen molar-refractivity contribution in [3.8, 4) is 0 Å². The highest BCUT2D eigenvalue weighted by molar-refractivity contribution is 6.38. The molecule has 0 aromatic heterocycles. The average Bonchev–Trinajstić information content (AvgIpc) is 3.94. The number of nitrogens with zero attached hydrogens (tertiary/aromatic N) is 1. The molecule has 2 aromatic rings. The molecule has 58 heavy (non-hydrogen) atoms. The summed E-state index contributed by atoms with van der Waals surface area (Å²) in [7, 11) is 0. The molecular weight excluding hydrogens is 739 g/mol. The van der Waals surface area contributed by atoms with Gasteiger partial charge in [0.2, 0.25) is 29.4 Å². The highest BCUT2D eigenvalue weighted by atomic mass is 16.5. The number of amides is 5. The number of hydrogen-bond donors (Lipinski definition) is 4. The molecule has 1 heterocycles. The fourth-order valence-electron chi connectivity index (χ4n) is 8.43. The summed E-state index contributed by atoms with van der Waals surface area (Å²) in [5.41, 5.74) is 7.50. The van der Waals surface area contributed by atoms with Crippen molar-refractivity contribution in [3.63, 3.8) is 0 Å². The van der Waals surface area contributed by atoms with Gasteiger partial charge in [-0.2, -0.15) is 0 Å². The van der Waals surface area contributed by atoms with E-state index in [0.717, 1.165) is 56.1 Å². The summed E-state index contributed by atoms with van der Waals surface area (Å²) < 4.78 is 6.27. The molecule has 0 bridgehead atoms. The maximum Gasteiger partial charge on any atom is 0.289 e. The Bertz CT molecular complexity index is 1730. The lowest BCUT2D eigenvalue weighted by Crippen LogP contribution is -2.58. The third kappa shape index (κ3) is 12.3. The van der Waals surface area contributed by atoms with Gasteiger partial charge in [-0.15, -0.1) is 0 Å². The number of nitrogens with one attached hydrogen (secondary N) is 3. The van der Waals surface area contributed by atoms with Crippen LogP contribution in [0.15, 0.2) is 60.7 Å². The minimum absolute atomic E-state index is 0.0885. The van der Waals surface area contributed by atoms with Gasteiger partial charge in [0.15, 0.2) is 5.78 Å². The molecule has 13 nitrogen and oxygen atoms in total. The first-order valence-electron chi connectivity index (χ1n) is 21.2. The number of ketones is 2. The lowest BCUT2D eigenvalue weighted by Gasteiger charge is -2.35. The molecule has 7 atom stereocenters.